The Kier molecular flexibility index (Phi) is 4.12. The number of carbonyl (C=O) groups excluding carboxylic acids is 2. The lowest BCUT2D eigenvalue weighted by atomic mass is 10.1. The van der Waals surface area contributed by atoms with Crippen LogP contribution in [-0.4, -0.2) is 28.0 Å². The lowest BCUT2D eigenvalue weighted by Crippen LogP contribution is -2.34. The fourth-order valence-electron chi connectivity index (χ4n) is 3.34. The van der Waals surface area contributed by atoms with E-state index in [0.29, 0.717) is 17.8 Å². The van der Waals surface area contributed by atoms with E-state index in [1.54, 1.807) is 29.4 Å². The van der Waals surface area contributed by atoms with Gasteiger partial charge >= 0.3 is 6.03 Å². The first-order valence-corrected chi connectivity index (χ1v) is 8.63. The molecule has 136 valence electrons. The van der Waals surface area contributed by atoms with E-state index in [1.807, 2.05) is 37.3 Å². The maximum absolute atomic E-state index is 12.9. The van der Waals surface area contributed by atoms with Gasteiger partial charge in [-0.3, -0.25) is 9.69 Å². The largest absolute Gasteiger partial charge is 0.351 e. The maximum Gasteiger partial charge on any atom is 0.319 e. The quantitative estimate of drug-likeness (QED) is 0.751. The van der Waals surface area contributed by atoms with Gasteiger partial charge in [-0.05, 0) is 43.2 Å². The molecule has 0 atom stereocenters. The number of urea groups is 1. The monoisotopic (exact) mass is 361 g/mol. The maximum atomic E-state index is 12.9. The van der Waals surface area contributed by atoms with E-state index in [1.165, 1.54) is 4.90 Å². The van der Waals surface area contributed by atoms with Gasteiger partial charge in [-0.1, -0.05) is 17.7 Å². The van der Waals surface area contributed by atoms with Crippen molar-refractivity contribution in [2.75, 3.05) is 16.8 Å². The summed E-state index contributed by atoms with van der Waals surface area (Å²) in [6, 6.07) is 10.7. The summed E-state index contributed by atoms with van der Waals surface area (Å²) in [5.74, 6) is -0.231. The van der Waals surface area contributed by atoms with Gasteiger partial charge in [0, 0.05) is 24.6 Å². The molecule has 2 heterocycles. The third-order valence-electron chi connectivity index (χ3n) is 4.68. The molecule has 0 unspecified atom stereocenters. The summed E-state index contributed by atoms with van der Waals surface area (Å²) in [5.41, 5.74) is 10.1. The van der Waals surface area contributed by atoms with Crippen LogP contribution in [0.15, 0.2) is 55.1 Å². The highest BCUT2D eigenvalue weighted by Crippen LogP contribution is 2.31. The van der Waals surface area contributed by atoms with Gasteiger partial charge in [-0.2, -0.15) is 0 Å². The van der Waals surface area contributed by atoms with Crippen LogP contribution < -0.4 is 16.0 Å². The molecule has 0 aliphatic carbocycles. The van der Waals surface area contributed by atoms with Crippen LogP contribution in [-0.2, 0) is 6.42 Å². The van der Waals surface area contributed by atoms with Crippen LogP contribution in [0.2, 0.25) is 0 Å². The van der Waals surface area contributed by atoms with Crippen LogP contribution >= 0.6 is 0 Å². The van der Waals surface area contributed by atoms with E-state index in [9.17, 15) is 9.59 Å². The van der Waals surface area contributed by atoms with Crippen molar-refractivity contribution in [3.05, 3.63) is 71.8 Å². The number of nitrogens with two attached hydrogens (primary N) is 1. The summed E-state index contributed by atoms with van der Waals surface area (Å²) in [5, 5.41) is 2.93. The number of aryl methyl sites for hydroxylation is 1. The Bertz CT molecular complexity index is 1030. The molecule has 3 N–H and O–H groups in total. The Balaban J connectivity index is 1.65. The molecule has 2 aromatic carbocycles. The topological polar surface area (TPSA) is 93.2 Å². The number of benzene rings is 2. The number of rotatable bonds is 3. The van der Waals surface area contributed by atoms with E-state index in [-0.39, 0.29) is 5.91 Å². The van der Waals surface area contributed by atoms with Gasteiger partial charge in [0.05, 0.1) is 23.3 Å². The zero-order chi connectivity index (χ0) is 19.0. The molecule has 7 nitrogen and oxygen atoms in total. The Morgan fingerprint density at radius 3 is 2.74 bits per heavy atom. The second-order valence-electron chi connectivity index (χ2n) is 6.53. The molecule has 0 radical (unpaired) electrons. The number of fused-ring (bicyclic) bond motifs is 1. The number of primary amides is 1. The molecule has 0 saturated carbocycles. The summed E-state index contributed by atoms with van der Waals surface area (Å²) in [7, 11) is 0. The number of hydrogen-bond donors (Lipinski definition) is 2. The van der Waals surface area contributed by atoms with E-state index >= 15 is 0 Å². The molecular weight excluding hydrogens is 342 g/mol. The normalized spacial score (nSPS) is 12.7. The van der Waals surface area contributed by atoms with Gasteiger partial charge in [0.15, 0.2) is 0 Å². The second-order valence-corrected chi connectivity index (χ2v) is 6.53. The van der Waals surface area contributed by atoms with Crippen molar-refractivity contribution < 1.29 is 9.59 Å². The van der Waals surface area contributed by atoms with Crippen molar-refractivity contribution in [1.82, 2.24) is 9.55 Å². The van der Waals surface area contributed by atoms with Gasteiger partial charge in [-0.25, -0.2) is 9.78 Å². The van der Waals surface area contributed by atoms with Gasteiger partial charge in [0.25, 0.3) is 5.91 Å². The van der Waals surface area contributed by atoms with Gasteiger partial charge in [0.2, 0.25) is 0 Å². The molecule has 0 fully saturated rings. The molecule has 0 saturated heterocycles. The lowest BCUT2D eigenvalue weighted by molar-refractivity contribution is 0.102. The first-order valence-electron chi connectivity index (χ1n) is 8.63. The van der Waals surface area contributed by atoms with Crippen molar-refractivity contribution in [1.29, 1.82) is 0 Å². The van der Waals surface area contributed by atoms with Gasteiger partial charge in [-0.15, -0.1) is 0 Å². The number of amides is 3. The van der Waals surface area contributed by atoms with Crippen LogP contribution in [0, 0.1) is 6.92 Å². The van der Waals surface area contributed by atoms with E-state index in [2.05, 4.69) is 10.3 Å². The molecule has 1 aliphatic rings. The Morgan fingerprint density at radius 1 is 1.15 bits per heavy atom. The van der Waals surface area contributed by atoms with E-state index in [4.69, 9.17) is 5.73 Å². The minimum atomic E-state index is -0.488. The van der Waals surface area contributed by atoms with E-state index < -0.39 is 6.03 Å². The number of nitrogens with one attached hydrogen (secondary N) is 1. The third-order valence-corrected chi connectivity index (χ3v) is 4.68. The summed E-state index contributed by atoms with van der Waals surface area (Å²) in [6.07, 6.45) is 5.87. The number of imidazole rings is 1. The standard InChI is InChI=1S/C20H19N5O2/c1-13-2-5-17(24-9-7-22-12-24)16(10-13)19(26)23-15-4-3-14-6-8-25(20(21)27)18(14)11-15/h2-5,7,9-12H,6,8H2,1H3,(H2,21,27)(H,23,26). The van der Waals surface area contributed by atoms with Crippen LogP contribution in [0.1, 0.15) is 21.5 Å². The zero-order valence-electron chi connectivity index (χ0n) is 14.8. The fourth-order valence-corrected chi connectivity index (χ4v) is 3.34. The molecule has 27 heavy (non-hydrogen) atoms. The van der Waals surface area contributed by atoms with Crippen LogP contribution in [0.25, 0.3) is 5.69 Å². The highest BCUT2D eigenvalue weighted by atomic mass is 16.2. The predicted molar refractivity (Wildman–Crippen MR) is 103 cm³/mol. The van der Waals surface area contributed by atoms with Crippen LogP contribution in [0.3, 0.4) is 0 Å². The summed E-state index contributed by atoms with van der Waals surface area (Å²) >= 11 is 0. The zero-order valence-corrected chi connectivity index (χ0v) is 14.8. The summed E-state index contributed by atoms with van der Waals surface area (Å²) in [4.78, 5) is 30.1. The Morgan fingerprint density at radius 2 is 2.00 bits per heavy atom. The lowest BCUT2D eigenvalue weighted by Gasteiger charge is -2.16. The molecule has 3 aromatic rings. The number of hydrogen-bond acceptors (Lipinski definition) is 3. The Hall–Kier alpha value is -3.61. The van der Waals surface area contributed by atoms with E-state index in [0.717, 1.165) is 28.9 Å². The second kappa shape index (κ2) is 6.60. The van der Waals surface area contributed by atoms with Crippen LogP contribution in [0.4, 0.5) is 16.2 Å². The van der Waals surface area contributed by atoms with Crippen LogP contribution in [0.5, 0.6) is 0 Å². The molecule has 1 aliphatic heterocycles. The fraction of sp³-hybridized carbons (Fsp3) is 0.150. The average molecular weight is 361 g/mol. The predicted octanol–water partition coefficient (Wildman–Crippen LogP) is 2.87. The first kappa shape index (κ1) is 16.8. The molecule has 1 aromatic heterocycles. The highest BCUT2D eigenvalue weighted by molar-refractivity contribution is 6.07. The molecule has 0 spiro atoms. The van der Waals surface area contributed by atoms with Crippen molar-refractivity contribution >= 4 is 23.3 Å². The van der Waals surface area contributed by atoms with Gasteiger partial charge < -0.3 is 15.6 Å². The number of carbonyl (C=O) groups is 2. The summed E-state index contributed by atoms with van der Waals surface area (Å²) < 4.78 is 1.80. The SMILES string of the molecule is Cc1ccc(-n2ccnc2)c(C(=O)Nc2ccc3c(c2)N(C(N)=O)CC3)c1. The van der Waals surface area contributed by atoms with Crippen molar-refractivity contribution in [2.24, 2.45) is 5.73 Å². The van der Waals surface area contributed by atoms with Gasteiger partial charge in [0.1, 0.15) is 0 Å². The van der Waals surface area contributed by atoms with Crippen molar-refractivity contribution in [3.8, 4) is 5.69 Å². The molecule has 0 bridgehead atoms. The number of aromatic nitrogens is 2. The van der Waals surface area contributed by atoms with Crippen molar-refractivity contribution in [2.45, 2.75) is 13.3 Å². The number of anilines is 2. The summed E-state index contributed by atoms with van der Waals surface area (Å²) in [6.45, 7) is 2.50. The molecule has 7 heteroatoms. The molecule has 3 amide bonds. The number of nitrogens with zero attached hydrogens (tertiary/aromatic N) is 3. The minimum absolute atomic E-state index is 0.231. The Labute approximate surface area is 156 Å². The molecular formula is C20H19N5O2. The first-order chi connectivity index (χ1) is 13.0. The average Bonchev–Trinajstić information content (AvgIpc) is 3.31. The third kappa shape index (κ3) is 3.15. The highest BCUT2D eigenvalue weighted by Gasteiger charge is 2.23. The minimum Gasteiger partial charge on any atom is -0.351 e. The smallest absolute Gasteiger partial charge is 0.319 e. The molecule has 4 rings (SSSR count). The van der Waals surface area contributed by atoms with Crippen molar-refractivity contribution in [3.63, 3.8) is 0 Å².